The van der Waals surface area contributed by atoms with Gasteiger partial charge in [-0.15, -0.1) is 0 Å². The smallest absolute Gasteiger partial charge is 0.139 e. The molecule has 0 unspecified atom stereocenters. The Balaban J connectivity index is 2.47. The first-order valence-corrected chi connectivity index (χ1v) is 7.50. The zero-order chi connectivity index (χ0) is 15.6. The lowest BCUT2D eigenvalue weighted by Crippen LogP contribution is -2.08. The van der Waals surface area contributed by atoms with Crippen LogP contribution in [0.3, 0.4) is 0 Å². The Morgan fingerprint density at radius 3 is 2.48 bits per heavy atom. The third-order valence-electron chi connectivity index (χ3n) is 3.10. The number of aromatic nitrogens is 2. The van der Waals surface area contributed by atoms with Crippen molar-refractivity contribution >= 4 is 33.3 Å². The summed E-state index contributed by atoms with van der Waals surface area (Å²) in [7, 11) is 1.82. The number of nitrogens with zero attached hydrogens (tertiary/aromatic N) is 2. The first kappa shape index (κ1) is 15.7. The highest BCUT2D eigenvalue weighted by Gasteiger charge is 2.13. The van der Waals surface area contributed by atoms with Gasteiger partial charge in [0, 0.05) is 23.0 Å². The largest absolute Gasteiger partial charge is 0.373 e. The first-order chi connectivity index (χ1) is 9.92. The van der Waals surface area contributed by atoms with Crippen LogP contribution in [-0.4, -0.2) is 17.0 Å². The number of rotatable bonds is 4. The van der Waals surface area contributed by atoms with Crippen LogP contribution in [0.4, 0.5) is 21.7 Å². The van der Waals surface area contributed by atoms with Crippen molar-refractivity contribution in [3.8, 4) is 0 Å². The Morgan fingerprint density at radius 1 is 1.19 bits per heavy atom. The van der Waals surface area contributed by atoms with Crippen LogP contribution in [0.1, 0.15) is 31.2 Å². The lowest BCUT2D eigenvalue weighted by atomic mass is 10.2. The Hall–Kier alpha value is -1.69. The van der Waals surface area contributed by atoms with Crippen molar-refractivity contribution in [2.45, 2.75) is 26.7 Å². The quantitative estimate of drug-likeness (QED) is 0.844. The van der Waals surface area contributed by atoms with E-state index in [9.17, 15) is 4.39 Å². The Morgan fingerprint density at radius 2 is 1.86 bits per heavy atom. The predicted octanol–water partition coefficient (Wildman–Crippen LogP) is 4.60. The van der Waals surface area contributed by atoms with E-state index < -0.39 is 0 Å². The van der Waals surface area contributed by atoms with Crippen LogP contribution < -0.4 is 10.6 Å². The SMILES string of the molecule is CNc1nc(C(C)C)nc(Nc2cc(F)ccc2Br)c1C. The molecule has 0 fully saturated rings. The van der Waals surface area contributed by atoms with Gasteiger partial charge >= 0.3 is 0 Å². The van der Waals surface area contributed by atoms with E-state index in [1.165, 1.54) is 12.1 Å². The highest BCUT2D eigenvalue weighted by Crippen LogP contribution is 2.30. The summed E-state index contributed by atoms with van der Waals surface area (Å²) < 4.78 is 14.2. The normalized spacial score (nSPS) is 10.8. The van der Waals surface area contributed by atoms with Crippen molar-refractivity contribution < 1.29 is 4.39 Å². The van der Waals surface area contributed by atoms with Gasteiger partial charge < -0.3 is 10.6 Å². The fraction of sp³-hybridized carbons (Fsp3) is 0.333. The Kier molecular flexibility index (Phi) is 4.77. The summed E-state index contributed by atoms with van der Waals surface area (Å²) in [6.07, 6.45) is 0. The highest BCUT2D eigenvalue weighted by atomic mass is 79.9. The molecule has 0 radical (unpaired) electrons. The number of benzene rings is 1. The third-order valence-corrected chi connectivity index (χ3v) is 3.79. The third kappa shape index (κ3) is 3.50. The Bertz CT molecular complexity index is 658. The molecule has 0 aliphatic carbocycles. The van der Waals surface area contributed by atoms with E-state index in [1.54, 1.807) is 6.07 Å². The van der Waals surface area contributed by atoms with Crippen molar-refractivity contribution in [1.82, 2.24) is 9.97 Å². The predicted molar refractivity (Wildman–Crippen MR) is 87.8 cm³/mol. The van der Waals surface area contributed by atoms with Crippen LogP contribution in [0.15, 0.2) is 22.7 Å². The first-order valence-electron chi connectivity index (χ1n) is 6.70. The van der Waals surface area contributed by atoms with Crippen LogP contribution >= 0.6 is 15.9 Å². The molecular formula is C15H18BrFN4. The van der Waals surface area contributed by atoms with E-state index in [-0.39, 0.29) is 11.7 Å². The number of hydrogen-bond donors (Lipinski definition) is 2. The van der Waals surface area contributed by atoms with Crippen molar-refractivity contribution in [3.63, 3.8) is 0 Å². The average molecular weight is 353 g/mol. The van der Waals surface area contributed by atoms with Crippen LogP contribution in [0.25, 0.3) is 0 Å². The van der Waals surface area contributed by atoms with Gasteiger partial charge in [0.05, 0.1) is 5.69 Å². The molecule has 0 aliphatic rings. The molecule has 0 amide bonds. The van der Waals surface area contributed by atoms with Gasteiger partial charge in [-0.05, 0) is 41.1 Å². The molecule has 2 rings (SSSR count). The maximum atomic E-state index is 13.4. The van der Waals surface area contributed by atoms with Crippen LogP contribution in [0, 0.1) is 12.7 Å². The summed E-state index contributed by atoms with van der Waals surface area (Å²) in [4.78, 5) is 9.03. The fourth-order valence-electron chi connectivity index (χ4n) is 1.88. The van der Waals surface area contributed by atoms with Gasteiger partial charge in [0.1, 0.15) is 23.3 Å². The van der Waals surface area contributed by atoms with Gasteiger partial charge in [-0.25, -0.2) is 14.4 Å². The molecule has 0 spiro atoms. The lowest BCUT2D eigenvalue weighted by molar-refractivity contribution is 0.628. The van der Waals surface area contributed by atoms with Gasteiger partial charge in [0.2, 0.25) is 0 Å². The number of nitrogens with one attached hydrogen (secondary N) is 2. The average Bonchev–Trinajstić information content (AvgIpc) is 2.44. The molecule has 1 aromatic heterocycles. The Labute approximate surface area is 132 Å². The second-order valence-electron chi connectivity index (χ2n) is 5.06. The van der Waals surface area contributed by atoms with Gasteiger partial charge in [0.25, 0.3) is 0 Å². The van der Waals surface area contributed by atoms with Crippen LogP contribution in [0.2, 0.25) is 0 Å². The lowest BCUT2D eigenvalue weighted by Gasteiger charge is -2.16. The standard InChI is InChI=1S/C15H18BrFN4/c1-8(2)13-20-14(18-4)9(3)15(21-13)19-12-7-10(17)5-6-11(12)16/h5-8H,1-4H3,(H2,18,19,20,21). The molecule has 1 heterocycles. The summed E-state index contributed by atoms with van der Waals surface area (Å²) in [5.74, 6) is 2.08. The van der Waals surface area contributed by atoms with Crippen molar-refractivity contribution in [1.29, 1.82) is 0 Å². The minimum absolute atomic E-state index is 0.203. The molecule has 2 aromatic rings. The molecule has 0 atom stereocenters. The summed E-state index contributed by atoms with van der Waals surface area (Å²) in [5.41, 5.74) is 1.52. The van der Waals surface area contributed by atoms with Gasteiger partial charge in [-0.3, -0.25) is 0 Å². The van der Waals surface area contributed by atoms with E-state index in [4.69, 9.17) is 0 Å². The summed E-state index contributed by atoms with van der Waals surface area (Å²) in [5, 5.41) is 6.24. The maximum Gasteiger partial charge on any atom is 0.139 e. The summed E-state index contributed by atoms with van der Waals surface area (Å²) in [6, 6.07) is 4.50. The molecule has 2 N–H and O–H groups in total. The molecule has 4 nitrogen and oxygen atoms in total. The minimum Gasteiger partial charge on any atom is -0.373 e. The van der Waals surface area contributed by atoms with Gasteiger partial charge in [-0.2, -0.15) is 0 Å². The van der Waals surface area contributed by atoms with Gasteiger partial charge in [0.15, 0.2) is 0 Å². The summed E-state index contributed by atoms with van der Waals surface area (Å²) >= 11 is 3.41. The fourth-order valence-corrected chi connectivity index (χ4v) is 2.22. The molecule has 0 aliphatic heterocycles. The number of halogens is 2. The van der Waals surface area contributed by atoms with Crippen LogP contribution in [-0.2, 0) is 0 Å². The molecule has 1 aromatic carbocycles. The van der Waals surface area contributed by atoms with Crippen LogP contribution in [0.5, 0.6) is 0 Å². The second-order valence-corrected chi connectivity index (χ2v) is 5.91. The zero-order valence-electron chi connectivity index (χ0n) is 12.5. The van der Waals surface area contributed by atoms with E-state index in [0.29, 0.717) is 11.5 Å². The topological polar surface area (TPSA) is 49.8 Å². The zero-order valence-corrected chi connectivity index (χ0v) is 14.0. The molecule has 21 heavy (non-hydrogen) atoms. The van der Waals surface area contributed by atoms with Crippen molar-refractivity contribution in [2.75, 3.05) is 17.7 Å². The van der Waals surface area contributed by atoms with E-state index in [0.717, 1.165) is 21.7 Å². The molecule has 0 bridgehead atoms. The van der Waals surface area contributed by atoms with Crippen molar-refractivity contribution in [3.05, 3.63) is 39.9 Å². The van der Waals surface area contributed by atoms with E-state index >= 15 is 0 Å². The maximum absolute atomic E-state index is 13.4. The van der Waals surface area contributed by atoms with E-state index in [2.05, 4.69) is 36.5 Å². The number of anilines is 3. The van der Waals surface area contributed by atoms with Crippen molar-refractivity contribution in [2.24, 2.45) is 0 Å². The summed E-state index contributed by atoms with van der Waals surface area (Å²) in [6.45, 7) is 5.99. The second kappa shape index (κ2) is 6.39. The molecule has 6 heteroatoms. The highest BCUT2D eigenvalue weighted by molar-refractivity contribution is 9.10. The number of hydrogen-bond acceptors (Lipinski definition) is 4. The minimum atomic E-state index is -0.301. The molecule has 112 valence electrons. The van der Waals surface area contributed by atoms with Gasteiger partial charge in [-0.1, -0.05) is 13.8 Å². The molecular weight excluding hydrogens is 335 g/mol. The molecule has 0 saturated heterocycles. The monoisotopic (exact) mass is 352 g/mol. The van der Waals surface area contributed by atoms with E-state index in [1.807, 2.05) is 27.8 Å². The molecule has 0 saturated carbocycles.